The summed E-state index contributed by atoms with van der Waals surface area (Å²) < 4.78 is 4.17. The van der Waals surface area contributed by atoms with E-state index < -0.39 is 6.10 Å². The normalized spacial score (nSPS) is 25.5. The first-order valence-corrected chi connectivity index (χ1v) is 8.15. The van der Waals surface area contributed by atoms with E-state index >= 15 is 0 Å². The maximum atomic E-state index is 11.0. The number of nitrogens with zero attached hydrogens (tertiary/aromatic N) is 4. The predicted octanol–water partition coefficient (Wildman–Crippen LogP) is 2.79. The zero-order chi connectivity index (χ0) is 15.4. The number of hydrogen-bond acceptors (Lipinski definition) is 3. The van der Waals surface area contributed by atoms with E-state index in [1.165, 1.54) is 11.1 Å². The molecule has 5 rings (SSSR count). The van der Waals surface area contributed by atoms with Gasteiger partial charge in [-0.15, -0.1) is 0 Å². The molecule has 0 bridgehead atoms. The molecule has 0 spiro atoms. The lowest BCUT2D eigenvalue weighted by atomic mass is 9.84. The third-order valence-corrected chi connectivity index (χ3v) is 5.29. The molecule has 3 aromatic rings. The van der Waals surface area contributed by atoms with Crippen LogP contribution in [0.25, 0.3) is 11.3 Å². The van der Waals surface area contributed by atoms with Crippen LogP contribution in [-0.2, 0) is 6.54 Å². The highest BCUT2D eigenvalue weighted by Crippen LogP contribution is 2.48. The van der Waals surface area contributed by atoms with Gasteiger partial charge >= 0.3 is 0 Å². The quantitative estimate of drug-likeness (QED) is 0.752. The molecule has 0 radical (unpaired) electrons. The summed E-state index contributed by atoms with van der Waals surface area (Å²) in [6.45, 7) is 0.876. The molecule has 4 heterocycles. The van der Waals surface area contributed by atoms with E-state index in [9.17, 15) is 5.11 Å². The van der Waals surface area contributed by atoms with Gasteiger partial charge in [0.2, 0.25) is 0 Å². The monoisotopic (exact) mass is 306 g/mol. The third-order valence-electron chi connectivity index (χ3n) is 5.29. The average molecular weight is 306 g/mol. The molecular weight excluding hydrogens is 288 g/mol. The van der Waals surface area contributed by atoms with Crippen molar-refractivity contribution in [1.82, 2.24) is 19.3 Å². The van der Waals surface area contributed by atoms with Crippen LogP contribution in [0.4, 0.5) is 0 Å². The minimum Gasteiger partial charge on any atom is -0.386 e. The highest BCUT2D eigenvalue weighted by molar-refractivity contribution is 5.69. The van der Waals surface area contributed by atoms with E-state index in [1.54, 1.807) is 6.20 Å². The summed E-state index contributed by atoms with van der Waals surface area (Å²) in [7, 11) is 0. The number of aliphatic hydroxyl groups is 1. The minimum absolute atomic E-state index is 0.129. The summed E-state index contributed by atoms with van der Waals surface area (Å²) in [6, 6.07) is 10.6. The van der Waals surface area contributed by atoms with E-state index in [4.69, 9.17) is 0 Å². The Morgan fingerprint density at radius 3 is 3.04 bits per heavy atom. The van der Waals surface area contributed by atoms with Crippen LogP contribution in [0, 0.1) is 5.92 Å². The Morgan fingerprint density at radius 2 is 2.09 bits per heavy atom. The van der Waals surface area contributed by atoms with Crippen LogP contribution in [0.2, 0.25) is 0 Å². The van der Waals surface area contributed by atoms with Crippen LogP contribution < -0.4 is 0 Å². The molecule has 0 saturated carbocycles. The van der Waals surface area contributed by atoms with Gasteiger partial charge in [-0.05, 0) is 24.5 Å². The molecule has 1 N–H and O–H groups in total. The Labute approximate surface area is 134 Å². The van der Waals surface area contributed by atoms with Crippen molar-refractivity contribution < 1.29 is 5.11 Å². The summed E-state index contributed by atoms with van der Waals surface area (Å²) in [5.74, 6) is 0.129. The summed E-state index contributed by atoms with van der Waals surface area (Å²) in [5, 5.41) is 15.4. The SMILES string of the molecule is O[C@H]1c2ccnn2CCC[C@H]1[C@@H]1c2ccccc2-c2cncn21. The van der Waals surface area contributed by atoms with Gasteiger partial charge in [0, 0.05) is 24.2 Å². The van der Waals surface area contributed by atoms with Crippen LogP contribution in [0.15, 0.2) is 49.1 Å². The van der Waals surface area contributed by atoms with Crippen molar-refractivity contribution in [2.45, 2.75) is 31.5 Å². The fourth-order valence-corrected chi connectivity index (χ4v) is 4.28. The summed E-state index contributed by atoms with van der Waals surface area (Å²) in [6.07, 6.45) is 7.10. The van der Waals surface area contributed by atoms with E-state index in [1.807, 2.05) is 23.3 Å². The smallest absolute Gasteiger partial charge is 0.101 e. The molecule has 0 unspecified atom stereocenters. The molecule has 1 aromatic carbocycles. The number of aliphatic hydroxyl groups excluding tert-OH is 1. The highest BCUT2D eigenvalue weighted by atomic mass is 16.3. The molecule has 5 nitrogen and oxygen atoms in total. The maximum Gasteiger partial charge on any atom is 0.101 e. The predicted molar refractivity (Wildman–Crippen MR) is 85.7 cm³/mol. The lowest BCUT2D eigenvalue weighted by Crippen LogP contribution is -2.23. The number of fused-ring (bicyclic) bond motifs is 4. The van der Waals surface area contributed by atoms with E-state index in [0.29, 0.717) is 0 Å². The number of benzene rings is 1. The van der Waals surface area contributed by atoms with Crippen LogP contribution in [0.1, 0.15) is 36.2 Å². The molecular formula is C18H18N4O. The van der Waals surface area contributed by atoms with Crippen molar-refractivity contribution >= 4 is 0 Å². The van der Waals surface area contributed by atoms with Gasteiger partial charge in [0.1, 0.15) is 6.10 Å². The molecule has 0 fully saturated rings. The fraction of sp³-hybridized carbons (Fsp3) is 0.333. The van der Waals surface area contributed by atoms with Crippen LogP contribution in [0.3, 0.4) is 0 Å². The fourth-order valence-electron chi connectivity index (χ4n) is 4.28. The van der Waals surface area contributed by atoms with Crippen LogP contribution in [-0.4, -0.2) is 24.4 Å². The minimum atomic E-state index is -0.508. The summed E-state index contributed by atoms with van der Waals surface area (Å²) in [5.41, 5.74) is 4.61. The topological polar surface area (TPSA) is 55.9 Å². The Kier molecular flexibility index (Phi) is 2.73. The van der Waals surface area contributed by atoms with E-state index in [-0.39, 0.29) is 12.0 Å². The summed E-state index contributed by atoms with van der Waals surface area (Å²) in [4.78, 5) is 4.33. The average Bonchev–Trinajstić information content (AvgIpc) is 3.25. The van der Waals surface area contributed by atoms with E-state index in [0.717, 1.165) is 30.8 Å². The second kappa shape index (κ2) is 4.80. The van der Waals surface area contributed by atoms with E-state index in [2.05, 4.69) is 38.9 Å². The second-order valence-electron chi connectivity index (χ2n) is 6.45. The van der Waals surface area contributed by atoms with Gasteiger partial charge in [-0.3, -0.25) is 4.68 Å². The largest absolute Gasteiger partial charge is 0.386 e. The second-order valence-corrected chi connectivity index (χ2v) is 6.45. The van der Waals surface area contributed by atoms with Crippen LogP contribution in [0.5, 0.6) is 0 Å². The van der Waals surface area contributed by atoms with Gasteiger partial charge in [0.05, 0.1) is 30.0 Å². The molecule has 2 aliphatic heterocycles. The lowest BCUT2D eigenvalue weighted by Gasteiger charge is -2.28. The van der Waals surface area contributed by atoms with Gasteiger partial charge in [-0.25, -0.2) is 4.98 Å². The standard InChI is InChI=1S/C18H18N4O/c23-18-14(6-3-9-22-15(18)7-8-20-22)17-13-5-2-1-4-12(13)16-10-19-11-21(16)17/h1-2,4-5,7-8,10-11,14,17-18,23H,3,6,9H2/t14-,17-,18+/m0/s1. The van der Waals surface area contributed by atoms with Gasteiger partial charge in [0.25, 0.3) is 0 Å². The zero-order valence-electron chi connectivity index (χ0n) is 12.7. The Morgan fingerprint density at radius 1 is 1.17 bits per heavy atom. The van der Waals surface area contributed by atoms with Crippen molar-refractivity contribution in [2.24, 2.45) is 5.92 Å². The summed E-state index contributed by atoms with van der Waals surface area (Å²) >= 11 is 0. The number of imidazole rings is 1. The van der Waals surface area contributed by atoms with Gasteiger partial charge in [0.15, 0.2) is 0 Å². The van der Waals surface area contributed by atoms with Crippen molar-refractivity contribution in [3.63, 3.8) is 0 Å². The third kappa shape index (κ3) is 1.77. The molecule has 5 heteroatoms. The first-order chi connectivity index (χ1) is 11.3. The lowest BCUT2D eigenvalue weighted by molar-refractivity contribution is 0.0799. The number of hydrogen-bond donors (Lipinski definition) is 1. The Hall–Kier alpha value is -2.40. The number of aryl methyl sites for hydroxylation is 1. The number of aromatic nitrogens is 4. The number of rotatable bonds is 1. The molecule has 0 amide bonds. The van der Waals surface area contributed by atoms with Crippen molar-refractivity contribution in [2.75, 3.05) is 0 Å². The zero-order valence-corrected chi connectivity index (χ0v) is 12.7. The maximum absolute atomic E-state index is 11.0. The van der Waals surface area contributed by atoms with Crippen LogP contribution >= 0.6 is 0 Å². The molecule has 3 atom stereocenters. The highest BCUT2D eigenvalue weighted by Gasteiger charge is 2.39. The Bertz CT molecular complexity index is 865. The molecule has 2 aliphatic rings. The van der Waals surface area contributed by atoms with Gasteiger partial charge in [-0.1, -0.05) is 24.3 Å². The van der Waals surface area contributed by atoms with Crippen molar-refractivity contribution in [1.29, 1.82) is 0 Å². The molecule has 2 aromatic heterocycles. The molecule has 116 valence electrons. The first-order valence-electron chi connectivity index (χ1n) is 8.15. The first kappa shape index (κ1) is 13.1. The Balaban J connectivity index is 1.65. The van der Waals surface area contributed by atoms with Crippen molar-refractivity contribution in [3.05, 3.63) is 60.3 Å². The molecule has 23 heavy (non-hydrogen) atoms. The van der Waals surface area contributed by atoms with Gasteiger partial charge in [-0.2, -0.15) is 5.10 Å². The molecule has 0 aliphatic carbocycles. The van der Waals surface area contributed by atoms with Crippen molar-refractivity contribution in [3.8, 4) is 11.3 Å². The molecule has 0 saturated heterocycles. The van der Waals surface area contributed by atoms with Gasteiger partial charge < -0.3 is 9.67 Å².